The number of rotatable bonds is 3. The normalized spacial score (nSPS) is 21.4. The molecule has 1 aromatic carbocycles. The van der Waals surface area contributed by atoms with Gasteiger partial charge in [-0.3, -0.25) is 9.69 Å². The maximum absolute atomic E-state index is 11.0. The SMILES string of the molecule is O=C(O)C1CCCN(Cc2cccc(I)c2)C1. The molecular formula is C13H16INO2. The van der Waals surface area contributed by atoms with Crippen molar-refractivity contribution in [3.05, 3.63) is 33.4 Å². The number of carboxylic acids is 1. The first kappa shape index (κ1) is 12.8. The predicted octanol–water partition coefficient (Wildman–Crippen LogP) is 2.59. The average molecular weight is 345 g/mol. The lowest BCUT2D eigenvalue weighted by Crippen LogP contribution is -2.38. The molecule has 0 saturated carbocycles. The van der Waals surface area contributed by atoms with Gasteiger partial charge in [0.15, 0.2) is 0 Å². The van der Waals surface area contributed by atoms with Gasteiger partial charge < -0.3 is 5.11 Å². The number of halogens is 1. The van der Waals surface area contributed by atoms with E-state index in [2.05, 4.69) is 51.8 Å². The first-order chi connectivity index (χ1) is 8.15. The van der Waals surface area contributed by atoms with Crippen molar-refractivity contribution in [3.63, 3.8) is 0 Å². The van der Waals surface area contributed by atoms with Crippen LogP contribution in [0.1, 0.15) is 18.4 Å². The van der Waals surface area contributed by atoms with Gasteiger partial charge in [-0.15, -0.1) is 0 Å². The molecular weight excluding hydrogens is 329 g/mol. The fourth-order valence-corrected chi connectivity index (χ4v) is 2.90. The zero-order chi connectivity index (χ0) is 12.3. The topological polar surface area (TPSA) is 40.5 Å². The summed E-state index contributed by atoms with van der Waals surface area (Å²) < 4.78 is 1.23. The van der Waals surface area contributed by atoms with Crippen molar-refractivity contribution in [1.29, 1.82) is 0 Å². The minimum absolute atomic E-state index is 0.188. The molecule has 17 heavy (non-hydrogen) atoms. The van der Waals surface area contributed by atoms with E-state index in [-0.39, 0.29) is 5.92 Å². The van der Waals surface area contributed by atoms with Gasteiger partial charge in [-0.25, -0.2) is 0 Å². The van der Waals surface area contributed by atoms with Crippen LogP contribution >= 0.6 is 22.6 Å². The molecule has 1 aliphatic rings. The van der Waals surface area contributed by atoms with Gasteiger partial charge >= 0.3 is 5.97 Å². The molecule has 2 rings (SSSR count). The van der Waals surface area contributed by atoms with Gasteiger partial charge in [-0.05, 0) is 59.7 Å². The van der Waals surface area contributed by atoms with E-state index in [1.165, 1.54) is 9.13 Å². The van der Waals surface area contributed by atoms with E-state index >= 15 is 0 Å². The molecule has 1 aromatic rings. The fraction of sp³-hybridized carbons (Fsp3) is 0.462. The molecule has 1 unspecified atom stereocenters. The van der Waals surface area contributed by atoms with Crippen LogP contribution in [-0.2, 0) is 11.3 Å². The zero-order valence-electron chi connectivity index (χ0n) is 9.60. The van der Waals surface area contributed by atoms with E-state index < -0.39 is 5.97 Å². The summed E-state index contributed by atoms with van der Waals surface area (Å²) >= 11 is 2.30. The molecule has 1 aliphatic heterocycles. The summed E-state index contributed by atoms with van der Waals surface area (Å²) in [5, 5.41) is 9.04. The zero-order valence-corrected chi connectivity index (χ0v) is 11.8. The first-order valence-electron chi connectivity index (χ1n) is 5.85. The van der Waals surface area contributed by atoms with Crippen LogP contribution in [0.2, 0.25) is 0 Å². The predicted molar refractivity (Wildman–Crippen MR) is 74.8 cm³/mol. The molecule has 0 spiro atoms. The molecule has 0 bridgehead atoms. The largest absolute Gasteiger partial charge is 0.481 e. The summed E-state index contributed by atoms with van der Waals surface area (Å²) in [4.78, 5) is 13.2. The average Bonchev–Trinajstić information content (AvgIpc) is 2.29. The van der Waals surface area contributed by atoms with Gasteiger partial charge in [0.2, 0.25) is 0 Å². The highest BCUT2D eigenvalue weighted by Crippen LogP contribution is 2.19. The van der Waals surface area contributed by atoms with Crippen LogP contribution in [0, 0.1) is 9.49 Å². The summed E-state index contributed by atoms with van der Waals surface area (Å²) in [6.45, 7) is 2.55. The third-order valence-electron chi connectivity index (χ3n) is 3.15. The molecule has 4 heteroatoms. The molecule has 92 valence electrons. The van der Waals surface area contributed by atoms with Gasteiger partial charge in [0.25, 0.3) is 0 Å². The number of carboxylic acid groups (broad SMARTS) is 1. The van der Waals surface area contributed by atoms with E-state index in [1.54, 1.807) is 0 Å². The third kappa shape index (κ3) is 3.67. The standard InChI is InChI=1S/C13H16INO2/c14-12-5-1-3-10(7-12)8-15-6-2-4-11(9-15)13(16)17/h1,3,5,7,11H,2,4,6,8-9H2,(H,16,17). The van der Waals surface area contributed by atoms with Crippen LogP contribution in [0.4, 0.5) is 0 Å². The summed E-state index contributed by atoms with van der Waals surface area (Å²) in [5.74, 6) is -0.844. The summed E-state index contributed by atoms with van der Waals surface area (Å²) in [7, 11) is 0. The highest BCUT2D eigenvalue weighted by molar-refractivity contribution is 14.1. The van der Waals surface area contributed by atoms with Crippen molar-refractivity contribution in [3.8, 4) is 0 Å². The second kappa shape index (κ2) is 5.82. The van der Waals surface area contributed by atoms with Crippen LogP contribution in [-0.4, -0.2) is 29.1 Å². The highest BCUT2D eigenvalue weighted by atomic mass is 127. The van der Waals surface area contributed by atoms with Crippen molar-refractivity contribution in [2.75, 3.05) is 13.1 Å². The molecule has 1 N–H and O–H groups in total. The monoisotopic (exact) mass is 345 g/mol. The second-order valence-corrected chi connectivity index (χ2v) is 5.79. The third-order valence-corrected chi connectivity index (χ3v) is 3.82. The second-order valence-electron chi connectivity index (χ2n) is 4.54. The molecule has 1 atom stereocenters. The summed E-state index contributed by atoms with van der Waals surface area (Å²) in [6, 6.07) is 8.38. The van der Waals surface area contributed by atoms with Crippen LogP contribution in [0.3, 0.4) is 0 Å². The Morgan fingerprint density at radius 1 is 1.53 bits per heavy atom. The Labute approximate surface area is 115 Å². The van der Waals surface area contributed by atoms with E-state index in [9.17, 15) is 4.79 Å². The van der Waals surface area contributed by atoms with E-state index in [1.807, 2.05) is 0 Å². The van der Waals surface area contributed by atoms with Crippen molar-refractivity contribution in [2.24, 2.45) is 5.92 Å². The fourth-order valence-electron chi connectivity index (χ4n) is 2.29. The van der Waals surface area contributed by atoms with Gasteiger partial charge in [0.1, 0.15) is 0 Å². The van der Waals surface area contributed by atoms with Gasteiger partial charge in [-0.2, -0.15) is 0 Å². The summed E-state index contributed by atoms with van der Waals surface area (Å²) in [5.41, 5.74) is 1.27. The molecule has 1 heterocycles. The van der Waals surface area contributed by atoms with Gasteiger partial charge in [0.05, 0.1) is 5.92 Å². The van der Waals surface area contributed by atoms with Gasteiger partial charge in [0, 0.05) is 16.7 Å². The van der Waals surface area contributed by atoms with Crippen LogP contribution in [0.15, 0.2) is 24.3 Å². The van der Waals surface area contributed by atoms with Crippen molar-refractivity contribution in [2.45, 2.75) is 19.4 Å². The van der Waals surface area contributed by atoms with Crippen molar-refractivity contribution < 1.29 is 9.90 Å². The Kier molecular flexibility index (Phi) is 4.39. The van der Waals surface area contributed by atoms with Crippen molar-refractivity contribution >= 4 is 28.6 Å². The molecule has 0 radical (unpaired) electrons. The summed E-state index contributed by atoms with van der Waals surface area (Å²) in [6.07, 6.45) is 1.80. The number of piperidine rings is 1. The van der Waals surface area contributed by atoms with Gasteiger partial charge in [-0.1, -0.05) is 12.1 Å². The number of likely N-dealkylation sites (tertiary alicyclic amines) is 1. The van der Waals surface area contributed by atoms with Crippen LogP contribution < -0.4 is 0 Å². The van der Waals surface area contributed by atoms with E-state index in [0.29, 0.717) is 6.54 Å². The number of nitrogens with zero attached hydrogens (tertiary/aromatic N) is 1. The lowest BCUT2D eigenvalue weighted by atomic mass is 9.98. The maximum atomic E-state index is 11.0. The molecule has 0 aromatic heterocycles. The lowest BCUT2D eigenvalue weighted by molar-refractivity contribution is -0.143. The Morgan fingerprint density at radius 2 is 2.35 bits per heavy atom. The number of hydrogen-bond acceptors (Lipinski definition) is 2. The van der Waals surface area contributed by atoms with Crippen molar-refractivity contribution in [1.82, 2.24) is 4.90 Å². The Morgan fingerprint density at radius 3 is 3.06 bits per heavy atom. The smallest absolute Gasteiger partial charge is 0.307 e. The molecule has 0 aliphatic carbocycles. The quantitative estimate of drug-likeness (QED) is 0.857. The van der Waals surface area contributed by atoms with Crippen LogP contribution in [0.25, 0.3) is 0 Å². The van der Waals surface area contributed by atoms with E-state index in [4.69, 9.17) is 5.11 Å². The minimum Gasteiger partial charge on any atom is -0.481 e. The molecule has 1 fully saturated rings. The van der Waals surface area contributed by atoms with Crippen LogP contribution in [0.5, 0.6) is 0 Å². The maximum Gasteiger partial charge on any atom is 0.307 e. The number of hydrogen-bond donors (Lipinski definition) is 1. The molecule has 1 saturated heterocycles. The number of carbonyl (C=O) groups is 1. The van der Waals surface area contributed by atoms with E-state index in [0.717, 1.165) is 25.9 Å². The Balaban J connectivity index is 1.97. The first-order valence-corrected chi connectivity index (χ1v) is 6.92. The number of benzene rings is 1. The highest BCUT2D eigenvalue weighted by Gasteiger charge is 2.25. The number of aliphatic carboxylic acids is 1. The lowest BCUT2D eigenvalue weighted by Gasteiger charge is -2.30. The minimum atomic E-state index is -0.655. The Bertz CT molecular complexity index is 408. The molecule has 3 nitrogen and oxygen atoms in total. The molecule has 0 amide bonds. The Hall–Kier alpha value is -0.620.